The summed E-state index contributed by atoms with van der Waals surface area (Å²) in [4.78, 5) is -0.137. The summed E-state index contributed by atoms with van der Waals surface area (Å²) in [5, 5.41) is 0. The number of benzene rings is 2. The molecule has 2 rings (SSSR count). The van der Waals surface area contributed by atoms with Gasteiger partial charge in [-0.3, -0.25) is 4.31 Å². The summed E-state index contributed by atoms with van der Waals surface area (Å²) >= 11 is 0. The molecule has 2 aromatic carbocycles. The van der Waals surface area contributed by atoms with E-state index < -0.39 is 15.8 Å². The number of ether oxygens (including phenoxy) is 1. The molecule has 7 heteroatoms. The second kappa shape index (κ2) is 5.61. The summed E-state index contributed by atoms with van der Waals surface area (Å²) in [5.74, 6) is 0.0318. The second-order valence-corrected chi connectivity index (χ2v) is 6.29. The maximum atomic E-state index is 13.0. The van der Waals surface area contributed by atoms with Crippen molar-refractivity contribution < 1.29 is 17.5 Å². The molecule has 0 fully saturated rings. The highest BCUT2D eigenvalue weighted by atomic mass is 32.2. The number of nitrogens with zero attached hydrogens (tertiary/aromatic N) is 1. The molecule has 2 aromatic rings. The van der Waals surface area contributed by atoms with E-state index in [1.165, 1.54) is 14.2 Å². The first-order valence-electron chi connectivity index (χ1n) is 6.04. The minimum absolute atomic E-state index is 0.129. The number of nitrogens with two attached hydrogens (primary N) is 1. The predicted molar refractivity (Wildman–Crippen MR) is 79.4 cm³/mol. The van der Waals surface area contributed by atoms with Crippen LogP contribution in [0.1, 0.15) is 0 Å². The van der Waals surface area contributed by atoms with Crippen LogP contribution in [0.4, 0.5) is 15.8 Å². The van der Waals surface area contributed by atoms with Crippen LogP contribution in [0, 0.1) is 5.82 Å². The molecule has 5 nitrogen and oxygen atoms in total. The summed E-state index contributed by atoms with van der Waals surface area (Å²) in [6, 6.07) is 9.71. The van der Waals surface area contributed by atoms with Gasteiger partial charge in [0.15, 0.2) is 0 Å². The van der Waals surface area contributed by atoms with Gasteiger partial charge >= 0.3 is 0 Å². The van der Waals surface area contributed by atoms with Gasteiger partial charge in [0.05, 0.1) is 18.5 Å². The minimum atomic E-state index is -3.86. The number of methoxy groups -OCH3 is 1. The Morgan fingerprint density at radius 2 is 1.76 bits per heavy atom. The quantitative estimate of drug-likeness (QED) is 0.879. The molecule has 0 radical (unpaired) electrons. The van der Waals surface area contributed by atoms with Gasteiger partial charge in [-0.05, 0) is 42.5 Å². The van der Waals surface area contributed by atoms with Crippen molar-refractivity contribution in [1.82, 2.24) is 0 Å². The summed E-state index contributed by atoms with van der Waals surface area (Å²) < 4.78 is 44.2. The van der Waals surface area contributed by atoms with Gasteiger partial charge in [0.2, 0.25) is 0 Å². The Morgan fingerprint density at radius 1 is 1.14 bits per heavy atom. The van der Waals surface area contributed by atoms with Crippen LogP contribution in [0.3, 0.4) is 0 Å². The van der Waals surface area contributed by atoms with Crippen molar-refractivity contribution in [2.75, 3.05) is 24.2 Å². The molecule has 0 saturated carbocycles. The molecule has 112 valence electrons. The topological polar surface area (TPSA) is 72.6 Å². The Balaban J connectivity index is 2.42. The van der Waals surface area contributed by atoms with Crippen LogP contribution in [0.25, 0.3) is 0 Å². The van der Waals surface area contributed by atoms with Crippen molar-refractivity contribution in [3.63, 3.8) is 0 Å². The monoisotopic (exact) mass is 310 g/mol. The van der Waals surface area contributed by atoms with E-state index in [0.29, 0.717) is 11.4 Å². The number of hydrogen-bond donors (Lipinski definition) is 1. The number of halogens is 1. The maximum absolute atomic E-state index is 13.0. The van der Waals surface area contributed by atoms with Gasteiger partial charge in [-0.25, -0.2) is 12.8 Å². The highest BCUT2D eigenvalue weighted by Gasteiger charge is 2.24. The molecule has 0 amide bonds. The van der Waals surface area contributed by atoms with Gasteiger partial charge < -0.3 is 10.5 Å². The van der Waals surface area contributed by atoms with Crippen LogP contribution in [0.5, 0.6) is 5.75 Å². The third kappa shape index (κ3) is 2.92. The SMILES string of the molecule is COc1ccc(N(C)S(=O)(=O)c2ccc(F)cc2N)cc1. The molecule has 0 spiro atoms. The van der Waals surface area contributed by atoms with Gasteiger partial charge in [-0.2, -0.15) is 0 Å². The number of nitrogen functional groups attached to an aromatic ring is 1. The molecule has 21 heavy (non-hydrogen) atoms. The van der Waals surface area contributed by atoms with E-state index in [1.807, 2.05) is 0 Å². The molecule has 0 atom stereocenters. The van der Waals surface area contributed by atoms with E-state index in [1.54, 1.807) is 24.3 Å². The summed E-state index contributed by atoms with van der Waals surface area (Å²) in [6.07, 6.45) is 0. The van der Waals surface area contributed by atoms with Crippen molar-refractivity contribution in [3.8, 4) is 5.75 Å². The van der Waals surface area contributed by atoms with Crippen molar-refractivity contribution in [1.29, 1.82) is 0 Å². The average molecular weight is 310 g/mol. The van der Waals surface area contributed by atoms with Crippen LogP contribution in [0.2, 0.25) is 0 Å². The molecule has 0 aliphatic carbocycles. The fraction of sp³-hybridized carbons (Fsp3) is 0.143. The lowest BCUT2D eigenvalue weighted by Crippen LogP contribution is -2.27. The van der Waals surface area contributed by atoms with Gasteiger partial charge in [-0.1, -0.05) is 0 Å². The molecule has 2 N–H and O–H groups in total. The molecule has 0 bridgehead atoms. The Hall–Kier alpha value is -2.28. The van der Waals surface area contributed by atoms with Gasteiger partial charge in [0, 0.05) is 7.05 Å². The van der Waals surface area contributed by atoms with E-state index >= 15 is 0 Å². The summed E-state index contributed by atoms with van der Waals surface area (Å²) in [7, 11) is -0.933. The molecular formula is C14H15FN2O3S. The average Bonchev–Trinajstić information content (AvgIpc) is 2.46. The highest BCUT2D eigenvalue weighted by molar-refractivity contribution is 7.93. The zero-order valence-electron chi connectivity index (χ0n) is 11.6. The molecular weight excluding hydrogens is 295 g/mol. The summed E-state index contributed by atoms with van der Waals surface area (Å²) in [5.41, 5.74) is 5.92. The number of sulfonamides is 1. The van der Waals surface area contributed by atoms with Crippen molar-refractivity contribution >= 4 is 21.4 Å². The number of rotatable bonds is 4. The van der Waals surface area contributed by atoms with Gasteiger partial charge in [0.25, 0.3) is 10.0 Å². The number of anilines is 2. The zero-order chi connectivity index (χ0) is 15.6. The minimum Gasteiger partial charge on any atom is -0.497 e. The fourth-order valence-electron chi connectivity index (χ4n) is 1.83. The molecule has 0 aliphatic rings. The lowest BCUT2D eigenvalue weighted by atomic mass is 10.3. The standard InChI is InChI=1S/C14H15FN2O3S/c1-17(11-4-6-12(20-2)7-5-11)21(18,19)14-8-3-10(15)9-13(14)16/h3-9H,16H2,1-2H3. The third-order valence-corrected chi connectivity index (χ3v) is 4.91. The van der Waals surface area contributed by atoms with Crippen LogP contribution in [0.15, 0.2) is 47.4 Å². The zero-order valence-corrected chi connectivity index (χ0v) is 12.4. The lowest BCUT2D eigenvalue weighted by Gasteiger charge is -2.20. The van der Waals surface area contributed by atoms with Crippen LogP contribution >= 0.6 is 0 Å². The van der Waals surface area contributed by atoms with Gasteiger partial charge in [0.1, 0.15) is 16.5 Å². The Kier molecular flexibility index (Phi) is 4.04. The normalized spacial score (nSPS) is 11.2. The van der Waals surface area contributed by atoms with Crippen molar-refractivity contribution in [2.24, 2.45) is 0 Å². The van der Waals surface area contributed by atoms with E-state index in [9.17, 15) is 12.8 Å². The van der Waals surface area contributed by atoms with Gasteiger partial charge in [-0.15, -0.1) is 0 Å². The number of hydrogen-bond acceptors (Lipinski definition) is 4. The van der Waals surface area contributed by atoms with E-state index in [-0.39, 0.29) is 10.6 Å². The Labute approximate surface area is 122 Å². The molecule has 0 aliphatic heterocycles. The maximum Gasteiger partial charge on any atom is 0.266 e. The van der Waals surface area contributed by atoms with E-state index in [0.717, 1.165) is 22.5 Å². The van der Waals surface area contributed by atoms with E-state index in [2.05, 4.69) is 0 Å². The first-order chi connectivity index (χ1) is 9.86. The van der Waals surface area contributed by atoms with Crippen LogP contribution in [-0.4, -0.2) is 22.6 Å². The smallest absolute Gasteiger partial charge is 0.266 e. The third-order valence-electron chi connectivity index (χ3n) is 3.05. The fourth-order valence-corrected chi connectivity index (χ4v) is 3.12. The first kappa shape index (κ1) is 15.1. The Bertz CT molecular complexity index is 745. The second-order valence-electron chi connectivity index (χ2n) is 4.35. The highest BCUT2D eigenvalue weighted by Crippen LogP contribution is 2.27. The van der Waals surface area contributed by atoms with Crippen molar-refractivity contribution in [3.05, 3.63) is 48.3 Å². The largest absolute Gasteiger partial charge is 0.497 e. The molecule has 0 heterocycles. The molecule has 0 aromatic heterocycles. The van der Waals surface area contributed by atoms with Crippen LogP contribution < -0.4 is 14.8 Å². The van der Waals surface area contributed by atoms with E-state index in [4.69, 9.17) is 10.5 Å². The summed E-state index contributed by atoms with van der Waals surface area (Å²) in [6.45, 7) is 0. The first-order valence-corrected chi connectivity index (χ1v) is 7.48. The predicted octanol–water partition coefficient (Wildman–Crippen LogP) is 2.24. The van der Waals surface area contributed by atoms with Crippen molar-refractivity contribution in [2.45, 2.75) is 4.90 Å². The lowest BCUT2D eigenvalue weighted by molar-refractivity contribution is 0.415. The molecule has 0 saturated heterocycles. The Morgan fingerprint density at radius 3 is 2.29 bits per heavy atom. The molecule has 0 unspecified atom stereocenters. The van der Waals surface area contributed by atoms with Crippen LogP contribution in [-0.2, 0) is 10.0 Å².